The van der Waals surface area contributed by atoms with Gasteiger partial charge in [0.1, 0.15) is 17.2 Å². The Morgan fingerprint density at radius 2 is 1.90 bits per heavy atom. The number of carboxylic acids is 1. The number of hydrogen-bond acceptors (Lipinski definition) is 5. The largest absolute Gasteiger partial charge is 0.481 e. The predicted molar refractivity (Wildman–Crippen MR) is 146 cm³/mol. The van der Waals surface area contributed by atoms with E-state index in [0.29, 0.717) is 45.2 Å². The van der Waals surface area contributed by atoms with E-state index >= 15 is 0 Å². The third-order valence-corrected chi connectivity index (χ3v) is 8.99. The Labute approximate surface area is 246 Å². The maximum Gasteiger partial charge on any atom is 0.416 e. The number of likely N-dealkylation sites (tertiary alicyclic amines) is 1. The number of carbonyl (C=O) groups excluding carboxylic acids is 1. The van der Waals surface area contributed by atoms with Crippen LogP contribution in [0, 0.1) is 11.7 Å². The molecule has 1 amide bonds. The highest BCUT2D eigenvalue weighted by molar-refractivity contribution is 6.32. The van der Waals surface area contributed by atoms with E-state index in [-0.39, 0.29) is 59.9 Å². The van der Waals surface area contributed by atoms with Gasteiger partial charge >= 0.3 is 12.1 Å². The van der Waals surface area contributed by atoms with E-state index in [2.05, 4.69) is 4.90 Å². The highest BCUT2D eigenvalue weighted by atomic mass is 35.5. The van der Waals surface area contributed by atoms with Crippen molar-refractivity contribution in [1.82, 2.24) is 9.80 Å². The van der Waals surface area contributed by atoms with Gasteiger partial charge in [-0.2, -0.15) is 13.2 Å². The molecule has 3 aliphatic rings. The fourth-order valence-electron chi connectivity index (χ4n) is 6.55. The van der Waals surface area contributed by atoms with Crippen molar-refractivity contribution in [3.05, 3.63) is 63.9 Å². The molecule has 0 saturated carbocycles. The minimum atomic E-state index is -4.59. The molecule has 12 heteroatoms. The number of alkyl halides is 3. The summed E-state index contributed by atoms with van der Waals surface area (Å²) in [4.78, 5) is 29.5. The molecule has 42 heavy (non-hydrogen) atoms. The number of halogens is 5. The van der Waals surface area contributed by atoms with Crippen LogP contribution < -0.4 is 4.74 Å². The van der Waals surface area contributed by atoms with E-state index in [1.54, 1.807) is 12.1 Å². The lowest BCUT2D eigenvalue weighted by molar-refractivity contribution is -0.178. The van der Waals surface area contributed by atoms with Gasteiger partial charge in [-0.15, -0.1) is 0 Å². The summed E-state index contributed by atoms with van der Waals surface area (Å²) in [6.07, 6.45) is -1.96. The zero-order valence-electron chi connectivity index (χ0n) is 23.1. The van der Waals surface area contributed by atoms with Crippen LogP contribution in [-0.2, 0) is 27.0 Å². The second-order valence-corrected chi connectivity index (χ2v) is 11.8. The van der Waals surface area contributed by atoms with Crippen LogP contribution in [0.3, 0.4) is 0 Å². The molecule has 5 rings (SSSR count). The number of aliphatic carboxylic acids is 1. The quantitative estimate of drug-likeness (QED) is 0.398. The van der Waals surface area contributed by atoms with E-state index in [0.717, 1.165) is 17.7 Å². The number of carboxylic acid groups (broad SMARTS) is 1. The number of rotatable bonds is 6. The van der Waals surface area contributed by atoms with Gasteiger partial charge in [-0.25, -0.2) is 4.39 Å². The molecular weight excluding hydrogens is 580 g/mol. The number of amides is 1. The van der Waals surface area contributed by atoms with Crippen molar-refractivity contribution < 1.29 is 41.7 Å². The number of benzene rings is 2. The van der Waals surface area contributed by atoms with Crippen LogP contribution in [-0.4, -0.2) is 64.9 Å². The molecule has 228 valence electrons. The first-order valence-corrected chi connectivity index (χ1v) is 14.5. The first-order chi connectivity index (χ1) is 19.9. The van der Waals surface area contributed by atoms with E-state index in [1.807, 2.05) is 6.92 Å². The monoisotopic (exact) mass is 612 g/mol. The molecule has 0 spiro atoms. The zero-order valence-corrected chi connectivity index (χ0v) is 23.9. The van der Waals surface area contributed by atoms with Crippen molar-refractivity contribution >= 4 is 23.5 Å². The second-order valence-electron chi connectivity index (χ2n) is 11.4. The van der Waals surface area contributed by atoms with Crippen molar-refractivity contribution in [2.24, 2.45) is 5.92 Å². The van der Waals surface area contributed by atoms with Crippen LogP contribution >= 0.6 is 11.6 Å². The summed E-state index contributed by atoms with van der Waals surface area (Å²) in [5, 5.41) is 9.84. The normalized spacial score (nSPS) is 26.8. The Morgan fingerprint density at radius 3 is 2.52 bits per heavy atom. The van der Waals surface area contributed by atoms with E-state index in [9.17, 15) is 32.3 Å². The SMILES string of the molecule is CCCC1(C(=O)N2COc3c(Cl)cc(C(F)(F)F)cc3C2)CCC(N2CCC(c3ccc(F)cc3)[C@H](C(=O)O)C2)CO1. The molecule has 2 aromatic carbocycles. The average molecular weight is 613 g/mol. The Morgan fingerprint density at radius 1 is 1.17 bits per heavy atom. The summed E-state index contributed by atoms with van der Waals surface area (Å²) in [5.74, 6) is -2.41. The lowest BCUT2D eigenvalue weighted by atomic mass is 9.79. The minimum absolute atomic E-state index is 0.0900. The summed E-state index contributed by atoms with van der Waals surface area (Å²) >= 11 is 6.07. The van der Waals surface area contributed by atoms with Gasteiger partial charge in [0.25, 0.3) is 5.91 Å². The van der Waals surface area contributed by atoms with Crippen LogP contribution in [0.2, 0.25) is 5.02 Å². The highest BCUT2D eigenvalue weighted by Gasteiger charge is 2.48. The van der Waals surface area contributed by atoms with Gasteiger partial charge in [0, 0.05) is 18.2 Å². The zero-order chi connectivity index (χ0) is 30.2. The molecule has 3 heterocycles. The molecule has 7 nitrogen and oxygen atoms in total. The fraction of sp³-hybridized carbons (Fsp3) is 0.533. The van der Waals surface area contributed by atoms with Crippen molar-refractivity contribution in [3.63, 3.8) is 0 Å². The Balaban J connectivity index is 1.27. The van der Waals surface area contributed by atoms with Gasteiger partial charge in [-0.3, -0.25) is 14.5 Å². The van der Waals surface area contributed by atoms with E-state index < -0.39 is 29.2 Å². The summed E-state index contributed by atoms with van der Waals surface area (Å²) in [5.41, 5.74) is -1.09. The minimum Gasteiger partial charge on any atom is -0.481 e. The molecular formula is C30H33ClF4N2O5. The number of hydrogen-bond donors (Lipinski definition) is 1. The van der Waals surface area contributed by atoms with Crippen molar-refractivity contribution in [2.75, 3.05) is 26.4 Å². The van der Waals surface area contributed by atoms with Gasteiger partial charge in [0.05, 0.1) is 29.7 Å². The molecule has 2 fully saturated rings. The Bertz CT molecular complexity index is 1310. The lowest BCUT2D eigenvalue weighted by Gasteiger charge is -2.47. The highest BCUT2D eigenvalue weighted by Crippen LogP contribution is 2.42. The Hall–Kier alpha value is -2.89. The van der Waals surface area contributed by atoms with Crippen molar-refractivity contribution in [2.45, 2.75) is 69.3 Å². The van der Waals surface area contributed by atoms with Crippen molar-refractivity contribution in [1.29, 1.82) is 0 Å². The molecule has 4 atom stereocenters. The number of nitrogens with zero attached hydrogens (tertiary/aromatic N) is 2. The number of fused-ring (bicyclic) bond motifs is 1. The fourth-order valence-corrected chi connectivity index (χ4v) is 6.84. The lowest BCUT2D eigenvalue weighted by Crippen LogP contribution is -2.58. The van der Waals surface area contributed by atoms with Gasteiger partial charge in [0.2, 0.25) is 0 Å². The van der Waals surface area contributed by atoms with Crippen LogP contribution in [0.1, 0.15) is 61.6 Å². The van der Waals surface area contributed by atoms with E-state index in [4.69, 9.17) is 21.1 Å². The maximum atomic E-state index is 13.8. The third-order valence-electron chi connectivity index (χ3n) is 8.71. The third kappa shape index (κ3) is 6.09. The van der Waals surface area contributed by atoms with Crippen LogP contribution in [0.4, 0.5) is 17.6 Å². The van der Waals surface area contributed by atoms with Crippen molar-refractivity contribution in [3.8, 4) is 5.75 Å². The summed E-state index contributed by atoms with van der Waals surface area (Å²) in [6, 6.07) is 7.65. The molecule has 0 aromatic heterocycles. The van der Waals surface area contributed by atoms with Gasteiger partial charge in [-0.05, 0) is 68.0 Å². The Kier molecular flexibility index (Phi) is 8.74. The topological polar surface area (TPSA) is 79.3 Å². The number of ether oxygens (including phenoxy) is 2. The standard InChI is InChI=1S/C30H33ClF4N2O5/c1-2-9-29(28(40)37-14-19-12-20(30(33,34)35)13-25(31)26(19)41-17-37)10-7-22(16-42-29)36-11-8-23(24(15-36)27(38)39)18-3-5-21(32)6-4-18/h3-6,12-13,22-24H,2,7-11,14-17H2,1H3,(H,38,39)/t22?,23?,24-,29?/m1/s1. The summed E-state index contributed by atoms with van der Waals surface area (Å²) in [7, 11) is 0. The molecule has 1 N–H and O–H groups in total. The van der Waals surface area contributed by atoms with Crippen LogP contribution in [0.25, 0.3) is 0 Å². The molecule has 3 unspecified atom stereocenters. The van der Waals surface area contributed by atoms with Crippen LogP contribution in [0.5, 0.6) is 5.75 Å². The molecule has 2 saturated heterocycles. The molecule has 2 aromatic rings. The maximum absolute atomic E-state index is 13.8. The second kappa shape index (κ2) is 12.0. The average Bonchev–Trinajstić information content (AvgIpc) is 2.96. The van der Waals surface area contributed by atoms with Gasteiger partial charge in [-0.1, -0.05) is 37.1 Å². The van der Waals surface area contributed by atoms with E-state index in [1.165, 1.54) is 17.0 Å². The smallest absolute Gasteiger partial charge is 0.416 e. The summed E-state index contributed by atoms with van der Waals surface area (Å²) < 4.78 is 65.5. The first kappa shape index (κ1) is 30.6. The molecule has 3 aliphatic heterocycles. The molecule has 0 radical (unpaired) electrons. The van der Waals surface area contributed by atoms with Gasteiger partial charge < -0.3 is 19.5 Å². The predicted octanol–water partition coefficient (Wildman–Crippen LogP) is 6.08. The van der Waals surface area contributed by atoms with Gasteiger partial charge in [0.15, 0.2) is 6.73 Å². The number of carbonyl (C=O) groups is 2. The molecule has 0 aliphatic carbocycles. The number of piperidine rings is 1. The first-order valence-electron chi connectivity index (χ1n) is 14.1. The summed E-state index contributed by atoms with van der Waals surface area (Å²) in [6.45, 7) is 2.83. The van der Waals surface area contributed by atoms with Crippen LogP contribution in [0.15, 0.2) is 36.4 Å². The molecule has 0 bridgehead atoms.